The Bertz CT molecular complexity index is 421. The Morgan fingerprint density at radius 1 is 1.17 bits per heavy atom. The van der Waals surface area contributed by atoms with Crippen LogP contribution in [0.25, 0.3) is 0 Å². The SMILES string of the molecule is COc1ccc(OC)c(C(C)NC2CC=CC2)c1. The van der Waals surface area contributed by atoms with Gasteiger partial charge in [0.25, 0.3) is 0 Å². The lowest BCUT2D eigenvalue weighted by atomic mass is 10.0. The van der Waals surface area contributed by atoms with E-state index in [4.69, 9.17) is 9.47 Å². The van der Waals surface area contributed by atoms with Crippen molar-refractivity contribution in [2.75, 3.05) is 14.2 Å². The van der Waals surface area contributed by atoms with E-state index in [1.165, 1.54) is 0 Å². The highest BCUT2D eigenvalue weighted by Crippen LogP contribution is 2.30. The molecular weight excluding hydrogens is 226 g/mol. The van der Waals surface area contributed by atoms with Crippen molar-refractivity contribution in [3.05, 3.63) is 35.9 Å². The van der Waals surface area contributed by atoms with E-state index in [0.717, 1.165) is 29.9 Å². The fourth-order valence-corrected chi connectivity index (χ4v) is 2.37. The molecule has 1 atom stereocenters. The summed E-state index contributed by atoms with van der Waals surface area (Å²) in [6, 6.07) is 6.71. The molecule has 1 aromatic rings. The highest BCUT2D eigenvalue weighted by molar-refractivity contribution is 5.42. The molecule has 1 aliphatic rings. The summed E-state index contributed by atoms with van der Waals surface area (Å²) in [5.74, 6) is 1.77. The van der Waals surface area contributed by atoms with Crippen LogP contribution < -0.4 is 14.8 Å². The summed E-state index contributed by atoms with van der Waals surface area (Å²) >= 11 is 0. The molecule has 3 nitrogen and oxygen atoms in total. The highest BCUT2D eigenvalue weighted by Gasteiger charge is 2.17. The van der Waals surface area contributed by atoms with Crippen molar-refractivity contribution >= 4 is 0 Å². The van der Waals surface area contributed by atoms with Gasteiger partial charge in [-0.2, -0.15) is 0 Å². The Morgan fingerprint density at radius 3 is 2.50 bits per heavy atom. The second-order valence-electron chi connectivity index (χ2n) is 4.64. The van der Waals surface area contributed by atoms with Crippen molar-refractivity contribution in [1.82, 2.24) is 5.32 Å². The fourth-order valence-electron chi connectivity index (χ4n) is 2.37. The Labute approximate surface area is 109 Å². The predicted octanol–water partition coefficient (Wildman–Crippen LogP) is 3.07. The molecule has 1 unspecified atom stereocenters. The molecule has 0 aliphatic heterocycles. The second kappa shape index (κ2) is 5.91. The zero-order valence-corrected chi connectivity index (χ0v) is 11.3. The summed E-state index contributed by atoms with van der Waals surface area (Å²) in [7, 11) is 3.39. The fraction of sp³-hybridized carbons (Fsp3) is 0.467. The summed E-state index contributed by atoms with van der Waals surface area (Å²) in [5.41, 5.74) is 1.14. The quantitative estimate of drug-likeness (QED) is 0.811. The first-order valence-corrected chi connectivity index (χ1v) is 6.37. The predicted molar refractivity (Wildman–Crippen MR) is 73.3 cm³/mol. The molecule has 0 saturated heterocycles. The number of methoxy groups -OCH3 is 2. The second-order valence-corrected chi connectivity index (χ2v) is 4.64. The molecule has 0 spiro atoms. The van der Waals surface area contributed by atoms with Gasteiger partial charge in [-0.3, -0.25) is 0 Å². The zero-order valence-electron chi connectivity index (χ0n) is 11.3. The van der Waals surface area contributed by atoms with Crippen LogP contribution in [-0.2, 0) is 0 Å². The van der Waals surface area contributed by atoms with Crippen LogP contribution in [0.1, 0.15) is 31.4 Å². The van der Waals surface area contributed by atoms with Gasteiger partial charge in [0, 0.05) is 17.6 Å². The average molecular weight is 247 g/mol. The minimum absolute atomic E-state index is 0.250. The van der Waals surface area contributed by atoms with Gasteiger partial charge < -0.3 is 14.8 Å². The van der Waals surface area contributed by atoms with Crippen LogP contribution in [0.15, 0.2) is 30.4 Å². The largest absolute Gasteiger partial charge is 0.497 e. The maximum Gasteiger partial charge on any atom is 0.123 e. The molecule has 0 heterocycles. The van der Waals surface area contributed by atoms with E-state index in [1.54, 1.807) is 14.2 Å². The number of nitrogens with one attached hydrogen (secondary N) is 1. The Hall–Kier alpha value is -1.48. The third-order valence-electron chi connectivity index (χ3n) is 3.40. The number of hydrogen-bond acceptors (Lipinski definition) is 3. The number of hydrogen-bond donors (Lipinski definition) is 1. The van der Waals surface area contributed by atoms with Gasteiger partial charge in [-0.05, 0) is 38.0 Å². The molecule has 18 heavy (non-hydrogen) atoms. The maximum atomic E-state index is 5.42. The molecule has 0 fully saturated rings. The van der Waals surface area contributed by atoms with E-state index in [-0.39, 0.29) is 6.04 Å². The number of ether oxygens (including phenoxy) is 2. The zero-order chi connectivity index (χ0) is 13.0. The van der Waals surface area contributed by atoms with Crippen LogP contribution >= 0.6 is 0 Å². The topological polar surface area (TPSA) is 30.5 Å². The van der Waals surface area contributed by atoms with Crippen molar-refractivity contribution in [3.8, 4) is 11.5 Å². The van der Waals surface area contributed by atoms with E-state index in [1.807, 2.05) is 18.2 Å². The maximum absolute atomic E-state index is 5.42. The normalized spacial score (nSPS) is 16.8. The Morgan fingerprint density at radius 2 is 1.89 bits per heavy atom. The third-order valence-corrected chi connectivity index (χ3v) is 3.40. The van der Waals surface area contributed by atoms with Crippen LogP contribution in [0.4, 0.5) is 0 Å². The molecule has 0 radical (unpaired) electrons. The van der Waals surface area contributed by atoms with Gasteiger partial charge in [0.2, 0.25) is 0 Å². The smallest absolute Gasteiger partial charge is 0.123 e. The molecule has 1 N–H and O–H groups in total. The van der Waals surface area contributed by atoms with Gasteiger partial charge in [-0.25, -0.2) is 0 Å². The van der Waals surface area contributed by atoms with Gasteiger partial charge in [-0.1, -0.05) is 12.2 Å². The lowest BCUT2D eigenvalue weighted by Gasteiger charge is -2.22. The lowest BCUT2D eigenvalue weighted by molar-refractivity contribution is 0.385. The molecule has 1 aliphatic carbocycles. The van der Waals surface area contributed by atoms with E-state index in [0.29, 0.717) is 6.04 Å². The van der Waals surface area contributed by atoms with E-state index >= 15 is 0 Å². The highest BCUT2D eigenvalue weighted by atomic mass is 16.5. The molecular formula is C15H21NO2. The molecule has 0 saturated carbocycles. The summed E-state index contributed by atoms with van der Waals surface area (Å²) in [4.78, 5) is 0. The van der Waals surface area contributed by atoms with Crippen molar-refractivity contribution in [3.63, 3.8) is 0 Å². The van der Waals surface area contributed by atoms with Crippen LogP contribution in [-0.4, -0.2) is 20.3 Å². The molecule has 1 aromatic carbocycles. The van der Waals surface area contributed by atoms with Crippen molar-refractivity contribution < 1.29 is 9.47 Å². The molecule has 0 bridgehead atoms. The van der Waals surface area contributed by atoms with Gasteiger partial charge in [-0.15, -0.1) is 0 Å². The van der Waals surface area contributed by atoms with Gasteiger partial charge in [0.1, 0.15) is 11.5 Å². The lowest BCUT2D eigenvalue weighted by Crippen LogP contribution is -2.29. The van der Waals surface area contributed by atoms with Crippen LogP contribution in [0.3, 0.4) is 0 Å². The van der Waals surface area contributed by atoms with E-state index < -0.39 is 0 Å². The molecule has 2 rings (SSSR count). The Kier molecular flexibility index (Phi) is 4.26. The summed E-state index contributed by atoms with van der Waals surface area (Å²) < 4.78 is 10.7. The van der Waals surface area contributed by atoms with Crippen molar-refractivity contribution in [1.29, 1.82) is 0 Å². The van der Waals surface area contributed by atoms with E-state index in [2.05, 4.69) is 24.4 Å². The first-order valence-electron chi connectivity index (χ1n) is 6.37. The third kappa shape index (κ3) is 2.85. The molecule has 0 amide bonds. The van der Waals surface area contributed by atoms with Crippen LogP contribution in [0, 0.1) is 0 Å². The van der Waals surface area contributed by atoms with Crippen LogP contribution in [0.2, 0.25) is 0 Å². The minimum atomic E-state index is 0.250. The average Bonchev–Trinajstić information content (AvgIpc) is 2.90. The molecule has 3 heteroatoms. The van der Waals surface area contributed by atoms with Gasteiger partial charge >= 0.3 is 0 Å². The minimum Gasteiger partial charge on any atom is -0.497 e. The standard InChI is InChI=1S/C15H21NO2/c1-11(16-12-6-4-5-7-12)14-10-13(17-2)8-9-15(14)18-3/h4-5,8-12,16H,6-7H2,1-3H3. The van der Waals surface area contributed by atoms with Gasteiger partial charge in [0.05, 0.1) is 14.2 Å². The van der Waals surface area contributed by atoms with Crippen molar-refractivity contribution in [2.24, 2.45) is 0 Å². The van der Waals surface area contributed by atoms with Crippen molar-refractivity contribution in [2.45, 2.75) is 31.8 Å². The molecule has 0 aromatic heterocycles. The first kappa shape index (κ1) is 13.0. The van der Waals surface area contributed by atoms with Gasteiger partial charge in [0.15, 0.2) is 0 Å². The summed E-state index contributed by atoms with van der Waals surface area (Å²) in [5, 5.41) is 3.62. The van der Waals surface area contributed by atoms with Crippen LogP contribution in [0.5, 0.6) is 11.5 Å². The number of rotatable bonds is 5. The summed E-state index contributed by atoms with van der Waals surface area (Å²) in [6.07, 6.45) is 6.67. The Balaban J connectivity index is 2.13. The first-order chi connectivity index (χ1) is 8.74. The monoisotopic (exact) mass is 247 g/mol. The molecule has 98 valence electrons. The number of benzene rings is 1. The van der Waals surface area contributed by atoms with E-state index in [9.17, 15) is 0 Å². The summed E-state index contributed by atoms with van der Waals surface area (Å²) in [6.45, 7) is 2.16.